The Hall–Kier alpha value is -0.900. The van der Waals surface area contributed by atoms with Gasteiger partial charge in [0.2, 0.25) is 0 Å². The molecule has 0 bridgehead atoms. The summed E-state index contributed by atoms with van der Waals surface area (Å²) in [6.07, 6.45) is 3.94. The average molecular weight is 568 g/mol. The van der Waals surface area contributed by atoms with Crippen molar-refractivity contribution in [3.8, 4) is 0 Å². The van der Waals surface area contributed by atoms with Crippen LogP contribution in [0.25, 0.3) is 0 Å². The summed E-state index contributed by atoms with van der Waals surface area (Å²) in [5.74, 6) is 0. The van der Waals surface area contributed by atoms with Gasteiger partial charge in [0, 0.05) is 0 Å². The molecule has 0 aromatic rings. The van der Waals surface area contributed by atoms with Crippen molar-refractivity contribution in [1.82, 2.24) is 5.32 Å². The van der Waals surface area contributed by atoms with Gasteiger partial charge < -0.3 is 57.4 Å². The lowest BCUT2D eigenvalue weighted by Crippen LogP contribution is -2.33. The fourth-order valence-corrected chi connectivity index (χ4v) is 3.29. The van der Waals surface area contributed by atoms with E-state index in [-0.39, 0.29) is 0 Å². The lowest BCUT2D eigenvalue weighted by Gasteiger charge is -2.22. The minimum absolute atomic E-state index is 0.375. The summed E-state index contributed by atoms with van der Waals surface area (Å²) >= 11 is 0. The fraction of sp³-hybridized carbons (Fsp3) is 0.926. The molecule has 0 unspecified atom stereocenters. The summed E-state index contributed by atoms with van der Waals surface area (Å²) in [6, 6.07) is 0. The third-order valence-electron chi connectivity index (χ3n) is 5.31. The number of piperidine rings is 1. The second-order valence-electron chi connectivity index (χ2n) is 8.37. The molecule has 0 saturated carbocycles. The Morgan fingerprint density at radius 3 is 1.03 bits per heavy atom. The van der Waals surface area contributed by atoms with Gasteiger partial charge in [-0.3, -0.25) is 0 Å². The van der Waals surface area contributed by atoms with Crippen LogP contribution in [0, 0.1) is 0 Å². The standard InChI is InChI=1S/C27H53NO11/c1-2-29-7-8-30-9-10-31-11-12-32-13-14-33-15-16-34-17-18-35-19-20-36-21-22-37-23-24-38-25-26-39-27-3-5-28-6-4-27/h2,27-28H,1,3-26H2. The molecular formula is C27H53NO11. The lowest BCUT2D eigenvalue weighted by atomic mass is 10.1. The van der Waals surface area contributed by atoms with Crippen molar-refractivity contribution in [3.05, 3.63) is 12.8 Å². The third kappa shape index (κ3) is 28.4. The zero-order valence-electron chi connectivity index (χ0n) is 23.8. The quantitative estimate of drug-likeness (QED) is 0.0926. The highest BCUT2D eigenvalue weighted by molar-refractivity contribution is 4.67. The maximum absolute atomic E-state index is 5.78. The summed E-state index contributed by atoms with van der Waals surface area (Å²) < 4.78 is 59.7. The van der Waals surface area contributed by atoms with E-state index in [1.165, 1.54) is 6.26 Å². The van der Waals surface area contributed by atoms with Crippen molar-refractivity contribution in [2.45, 2.75) is 18.9 Å². The first-order valence-corrected chi connectivity index (χ1v) is 14.2. The molecule has 1 aliphatic rings. The van der Waals surface area contributed by atoms with Gasteiger partial charge in [0.15, 0.2) is 0 Å². The molecule has 39 heavy (non-hydrogen) atoms. The zero-order chi connectivity index (χ0) is 27.7. The molecule has 0 aromatic carbocycles. The molecule has 1 fully saturated rings. The molecule has 0 aromatic heterocycles. The van der Waals surface area contributed by atoms with Crippen LogP contribution >= 0.6 is 0 Å². The highest BCUT2D eigenvalue weighted by Crippen LogP contribution is 2.06. The van der Waals surface area contributed by atoms with E-state index in [1.54, 1.807) is 0 Å². The molecule has 12 heteroatoms. The van der Waals surface area contributed by atoms with Crippen molar-refractivity contribution < 1.29 is 52.1 Å². The van der Waals surface area contributed by atoms with Gasteiger partial charge >= 0.3 is 0 Å². The summed E-state index contributed by atoms with van der Waals surface area (Å²) in [5, 5.41) is 3.33. The van der Waals surface area contributed by atoms with Crippen LogP contribution in [0.2, 0.25) is 0 Å². The topological polar surface area (TPSA) is 114 Å². The van der Waals surface area contributed by atoms with Gasteiger partial charge in [0.1, 0.15) is 6.61 Å². The highest BCUT2D eigenvalue weighted by Gasteiger charge is 2.12. The van der Waals surface area contributed by atoms with Crippen LogP contribution in [0.15, 0.2) is 12.8 Å². The number of nitrogens with one attached hydrogen (secondary N) is 1. The first-order chi connectivity index (χ1) is 19.4. The maximum Gasteiger partial charge on any atom is 0.111 e. The van der Waals surface area contributed by atoms with E-state index >= 15 is 0 Å². The molecule has 0 spiro atoms. The van der Waals surface area contributed by atoms with E-state index in [0.29, 0.717) is 138 Å². The van der Waals surface area contributed by atoms with Crippen molar-refractivity contribution in [2.24, 2.45) is 0 Å². The first kappa shape index (κ1) is 36.1. The molecule has 1 heterocycles. The van der Waals surface area contributed by atoms with Crippen molar-refractivity contribution in [2.75, 3.05) is 145 Å². The van der Waals surface area contributed by atoms with E-state index < -0.39 is 0 Å². The number of hydrogen-bond donors (Lipinski definition) is 1. The van der Waals surface area contributed by atoms with E-state index in [4.69, 9.17) is 52.1 Å². The van der Waals surface area contributed by atoms with Crippen LogP contribution in [0.1, 0.15) is 12.8 Å². The molecule has 12 nitrogen and oxygen atoms in total. The van der Waals surface area contributed by atoms with Crippen LogP contribution in [0.4, 0.5) is 0 Å². The largest absolute Gasteiger partial charge is 0.499 e. The minimum atomic E-state index is 0.375. The number of hydrogen-bond acceptors (Lipinski definition) is 12. The molecule has 232 valence electrons. The van der Waals surface area contributed by atoms with E-state index in [2.05, 4.69) is 11.9 Å². The Balaban J connectivity index is 1.61. The van der Waals surface area contributed by atoms with Gasteiger partial charge in [-0.05, 0) is 25.9 Å². The van der Waals surface area contributed by atoms with Gasteiger partial charge in [0.05, 0.1) is 138 Å². The predicted octanol–water partition coefficient (Wildman–Crippen LogP) is 1.06. The minimum Gasteiger partial charge on any atom is -0.499 e. The fourth-order valence-electron chi connectivity index (χ4n) is 3.29. The molecule has 1 rings (SSSR count). The first-order valence-electron chi connectivity index (χ1n) is 14.2. The summed E-state index contributed by atoms with van der Waals surface area (Å²) in [7, 11) is 0. The molecule has 0 aliphatic carbocycles. The molecule has 1 saturated heterocycles. The van der Waals surface area contributed by atoms with Crippen LogP contribution in [0.3, 0.4) is 0 Å². The lowest BCUT2D eigenvalue weighted by molar-refractivity contribution is -0.0322. The molecule has 0 atom stereocenters. The smallest absolute Gasteiger partial charge is 0.111 e. The second kappa shape index (κ2) is 31.6. The van der Waals surface area contributed by atoms with E-state index in [0.717, 1.165) is 25.9 Å². The Morgan fingerprint density at radius 1 is 0.436 bits per heavy atom. The molecular weight excluding hydrogens is 514 g/mol. The number of rotatable bonds is 32. The summed E-state index contributed by atoms with van der Waals surface area (Å²) in [5.41, 5.74) is 0. The molecule has 0 radical (unpaired) electrons. The Bertz CT molecular complexity index is 485. The zero-order valence-corrected chi connectivity index (χ0v) is 23.8. The SMILES string of the molecule is C=COCCOCCOCCOCCOCCOCCOCCOCCOCCOCCOC1CCNCC1. The Morgan fingerprint density at radius 2 is 0.718 bits per heavy atom. The third-order valence-corrected chi connectivity index (χ3v) is 5.31. The van der Waals surface area contributed by atoms with Gasteiger partial charge in [-0.1, -0.05) is 6.58 Å². The number of ether oxygens (including phenoxy) is 11. The van der Waals surface area contributed by atoms with Gasteiger partial charge in [-0.15, -0.1) is 0 Å². The van der Waals surface area contributed by atoms with E-state index in [1.807, 2.05) is 0 Å². The van der Waals surface area contributed by atoms with Gasteiger partial charge in [-0.2, -0.15) is 0 Å². The van der Waals surface area contributed by atoms with Crippen LogP contribution < -0.4 is 5.32 Å². The predicted molar refractivity (Wildman–Crippen MR) is 145 cm³/mol. The molecule has 1 aliphatic heterocycles. The van der Waals surface area contributed by atoms with Crippen molar-refractivity contribution in [3.63, 3.8) is 0 Å². The maximum atomic E-state index is 5.78. The van der Waals surface area contributed by atoms with E-state index in [9.17, 15) is 0 Å². The van der Waals surface area contributed by atoms with Gasteiger partial charge in [0.25, 0.3) is 0 Å². The summed E-state index contributed by atoms with van der Waals surface area (Å²) in [6.45, 7) is 16.3. The second-order valence-corrected chi connectivity index (χ2v) is 8.37. The van der Waals surface area contributed by atoms with Crippen LogP contribution in [0.5, 0.6) is 0 Å². The summed E-state index contributed by atoms with van der Waals surface area (Å²) in [4.78, 5) is 0. The Kier molecular flexibility index (Phi) is 29.3. The van der Waals surface area contributed by atoms with Crippen LogP contribution in [-0.4, -0.2) is 151 Å². The van der Waals surface area contributed by atoms with Gasteiger partial charge in [-0.25, -0.2) is 0 Å². The highest BCUT2D eigenvalue weighted by atomic mass is 16.6. The average Bonchev–Trinajstić information content (AvgIpc) is 2.96. The van der Waals surface area contributed by atoms with Crippen LogP contribution in [-0.2, 0) is 52.1 Å². The van der Waals surface area contributed by atoms with Crippen molar-refractivity contribution >= 4 is 0 Å². The van der Waals surface area contributed by atoms with Crippen molar-refractivity contribution in [1.29, 1.82) is 0 Å². The monoisotopic (exact) mass is 567 g/mol. The normalized spacial score (nSPS) is 14.2. The molecule has 1 N–H and O–H groups in total. The Labute approximate surface area is 234 Å². The molecule has 0 amide bonds.